The Balaban J connectivity index is 1.63. The van der Waals surface area contributed by atoms with Gasteiger partial charge in [0.25, 0.3) is 0 Å². The quantitative estimate of drug-likeness (QED) is 0.677. The molecule has 1 aliphatic carbocycles. The summed E-state index contributed by atoms with van der Waals surface area (Å²) in [5.74, 6) is 0.164. The maximum absolute atomic E-state index is 13.5. The maximum atomic E-state index is 13.5. The molecule has 0 bridgehead atoms. The van der Waals surface area contributed by atoms with Gasteiger partial charge in [0.15, 0.2) is 0 Å². The first kappa shape index (κ1) is 16.9. The Labute approximate surface area is 161 Å². The van der Waals surface area contributed by atoms with E-state index >= 15 is 0 Å². The zero-order valence-corrected chi connectivity index (χ0v) is 15.1. The Bertz CT molecular complexity index is 1080. The molecule has 1 N–H and O–H groups in total. The van der Waals surface area contributed by atoms with Crippen LogP contribution in [0.15, 0.2) is 71.7 Å². The Morgan fingerprint density at radius 2 is 1.68 bits per heavy atom. The molecule has 2 aromatic carbocycles. The van der Waals surface area contributed by atoms with Crippen molar-refractivity contribution >= 4 is 12.0 Å². The molecule has 3 aromatic rings. The van der Waals surface area contributed by atoms with Crippen LogP contribution >= 0.6 is 0 Å². The third-order valence-electron chi connectivity index (χ3n) is 5.32. The SMILES string of the molecule is Fc1ccc(/C=C2/CCCC3=C2Nc2ncnn2[C@@H]3c2ccc(F)cc2)cc1. The van der Waals surface area contributed by atoms with Crippen molar-refractivity contribution in [2.75, 3.05) is 5.32 Å². The van der Waals surface area contributed by atoms with E-state index in [1.807, 2.05) is 4.68 Å². The van der Waals surface area contributed by atoms with Crippen molar-refractivity contribution in [1.82, 2.24) is 14.8 Å². The minimum atomic E-state index is -0.258. The fourth-order valence-corrected chi connectivity index (χ4v) is 4.04. The van der Waals surface area contributed by atoms with Crippen LogP contribution in [0.1, 0.15) is 36.4 Å². The lowest BCUT2D eigenvalue weighted by molar-refractivity contribution is 0.536. The lowest BCUT2D eigenvalue weighted by Crippen LogP contribution is -2.28. The summed E-state index contributed by atoms with van der Waals surface area (Å²) < 4.78 is 28.6. The third kappa shape index (κ3) is 2.91. The van der Waals surface area contributed by atoms with Gasteiger partial charge in [-0.05, 0) is 71.9 Å². The summed E-state index contributed by atoms with van der Waals surface area (Å²) in [7, 11) is 0. The number of nitrogens with one attached hydrogen (secondary N) is 1. The van der Waals surface area contributed by atoms with Gasteiger partial charge >= 0.3 is 0 Å². The normalized spacial score (nSPS) is 19.9. The zero-order chi connectivity index (χ0) is 19.1. The highest BCUT2D eigenvalue weighted by Gasteiger charge is 2.33. The van der Waals surface area contributed by atoms with Gasteiger partial charge in [-0.3, -0.25) is 0 Å². The molecule has 28 heavy (non-hydrogen) atoms. The van der Waals surface area contributed by atoms with Crippen LogP contribution in [-0.4, -0.2) is 14.8 Å². The van der Waals surface area contributed by atoms with E-state index in [1.54, 1.807) is 24.3 Å². The highest BCUT2D eigenvalue weighted by Crippen LogP contribution is 2.43. The first-order valence-corrected chi connectivity index (χ1v) is 9.30. The minimum absolute atomic E-state index is 0.119. The summed E-state index contributed by atoms with van der Waals surface area (Å²) in [6.45, 7) is 0. The Kier molecular flexibility index (Phi) is 4.04. The molecule has 0 saturated heterocycles. The monoisotopic (exact) mass is 376 g/mol. The summed E-state index contributed by atoms with van der Waals surface area (Å²) in [4.78, 5) is 4.35. The fraction of sp³-hybridized carbons (Fsp3) is 0.182. The van der Waals surface area contributed by atoms with E-state index in [-0.39, 0.29) is 17.7 Å². The second-order valence-electron chi connectivity index (χ2n) is 7.08. The number of hydrogen-bond acceptors (Lipinski definition) is 3. The largest absolute Gasteiger partial charge is 0.324 e. The smallest absolute Gasteiger partial charge is 0.226 e. The van der Waals surface area contributed by atoms with Crippen LogP contribution in [0, 0.1) is 11.6 Å². The lowest BCUT2D eigenvalue weighted by atomic mass is 9.83. The van der Waals surface area contributed by atoms with E-state index in [0.717, 1.165) is 41.7 Å². The van der Waals surface area contributed by atoms with Crippen LogP contribution in [0.4, 0.5) is 14.7 Å². The number of anilines is 1. The number of allylic oxidation sites excluding steroid dienone is 2. The zero-order valence-electron chi connectivity index (χ0n) is 15.1. The number of nitrogens with zero attached hydrogens (tertiary/aromatic N) is 3. The molecular weight excluding hydrogens is 358 g/mol. The van der Waals surface area contributed by atoms with Crippen molar-refractivity contribution in [3.05, 3.63) is 94.5 Å². The molecule has 1 atom stereocenters. The van der Waals surface area contributed by atoms with E-state index in [1.165, 1.54) is 36.2 Å². The number of halogens is 2. The molecule has 5 rings (SSSR count). The first-order valence-electron chi connectivity index (χ1n) is 9.30. The van der Waals surface area contributed by atoms with Crippen molar-refractivity contribution in [2.45, 2.75) is 25.3 Å². The number of fused-ring (bicyclic) bond motifs is 1. The van der Waals surface area contributed by atoms with Crippen molar-refractivity contribution in [2.24, 2.45) is 0 Å². The van der Waals surface area contributed by atoms with Gasteiger partial charge in [0.05, 0.1) is 0 Å². The van der Waals surface area contributed by atoms with Crippen LogP contribution in [0.5, 0.6) is 0 Å². The minimum Gasteiger partial charge on any atom is -0.324 e. The molecule has 0 radical (unpaired) electrons. The summed E-state index contributed by atoms with van der Waals surface area (Å²) in [5, 5.41) is 7.83. The number of hydrogen-bond donors (Lipinski definition) is 1. The first-order chi connectivity index (χ1) is 13.7. The molecule has 4 nitrogen and oxygen atoms in total. The number of rotatable bonds is 2. The molecule has 0 fully saturated rings. The van der Waals surface area contributed by atoms with Gasteiger partial charge in [0, 0.05) is 5.70 Å². The summed E-state index contributed by atoms with van der Waals surface area (Å²) in [5.41, 5.74) is 5.35. The molecule has 0 saturated carbocycles. The van der Waals surface area contributed by atoms with Crippen molar-refractivity contribution in [1.29, 1.82) is 0 Å². The molecule has 1 aromatic heterocycles. The second kappa shape index (κ2) is 6.71. The molecule has 140 valence electrons. The topological polar surface area (TPSA) is 42.7 Å². The Hall–Kier alpha value is -3.28. The van der Waals surface area contributed by atoms with Crippen molar-refractivity contribution in [3.63, 3.8) is 0 Å². The van der Waals surface area contributed by atoms with E-state index in [0.29, 0.717) is 5.95 Å². The average molecular weight is 376 g/mol. The van der Waals surface area contributed by atoms with E-state index in [9.17, 15) is 8.78 Å². The van der Waals surface area contributed by atoms with Gasteiger partial charge in [-0.2, -0.15) is 10.1 Å². The standard InChI is InChI=1S/C22H18F2N4/c23-17-8-4-14(5-9-17)12-16-2-1-3-19-20(16)27-22-25-13-26-28(22)21(19)15-6-10-18(24)11-7-15/h4-13,21H,1-3H2,(H,25,26,27)/b16-12-/t21-/m1/s1. The molecule has 0 amide bonds. The molecule has 2 aliphatic rings. The number of benzene rings is 2. The van der Waals surface area contributed by atoms with Crippen LogP contribution in [0.25, 0.3) is 6.08 Å². The summed E-state index contributed by atoms with van der Waals surface area (Å²) >= 11 is 0. The molecule has 2 heterocycles. The molecular formula is C22H18F2N4. The number of aromatic nitrogens is 3. The van der Waals surface area contributed by atoms with Gasteiger partial charge in [-0.15, -0.1) is 0 Å². The van der Waals surface area contributed by atoms with Crippen LogP contribution in [-0.2, 0) is 0 Å². The van der Waals surface area contributed by atoms with Gasteiger partial charge in [0.1, 0.15) is 24.0 Å². The molecule has 0 unspecified atom stereocenters. The van der Waals surface area contributed by atoms with E-state index in [2.05, 4.69) is 21.5 Å². The third-order valence-corrected chi connectivity index (χ3v) is 5.32. The van der Waals surface area contributed by atoms with Crippen LogP contribution in [0.2, 0.25) is 0 Å². The summed E-state index contributed by atoms with van der Waals surface area (Å²) in [6.07, 6.45) is 6.47. The molecule has 0 spiro atoms. The fourth-order valence-electron chi connectivity index (χ4n) is 4.04. The van der Waals surface area contributed by atoms with Gasteiger partial charge in [0.2, 0.25) is 5.95 Å². The van der Waals surface area contributed by atoms with E-state index in [4.69, 9.17) is 0 Å². The highest BCUT2D eigenvalue weighted by atomic mass is 19.1. The highest BCUT2D eigenvalue weighted by molar-refractivity contribution is 5.65. The van der Waals surface area contributed by atoms with Crippen molar-refractivity contribution < 1.29 is 8.78 Å². The Morgan fingerprint density at radius 1 is 0.964 bits per heavy atom. The Morgan fingerprint density at radius 3 is 2.43 bits per heavy atom. The van der Waals surface area contributed by atoms with E-state index < -0.39 is 0 Å². The lowest BCUT2D eigenvalue weighted by Gasteiger charge is -2.34. The van der Waals surface area contributed by atoms with Crippen LogP contribution in [0.3, 0.4) is 0 Å². The van der Waals surface area contributed by atoms with Gasteiger partial charge in [-0.25, -0.2) is 13.5 Å². The maximum Gasteiger partial charge on any atom is 0.226 e. The molecule has 6 heteroatoms. The van der Waals surface area contributed by atoms with Gasteiger partial charge < -0.3 is 5.32 Å². The van der Waals surface area contributed by atoms with Crippen molar-refractivity contribution in [3.8, 4) is 0 Å². The van der Waals surface area contributed by atoms with Crippen LogP contribution < -0.4 is 5.32 Å². The van der Waals surface area contributed by atoms with Gasteiger partial charge in [-0.1, -0.05) is 24.3 Å². The predicted octanol–water partition coefficient (Wildman–Crippen LogP) is 5.09. The summed E-state index contributed by atoms with van der Waals surface area (Å²) in [6, 6.07) is 12.9. The molecule has 1 aliphatic heterocycles. The average Bonchev–Trinajstić information content (AvgIpc) is 3.17. The predicted molar refractivity (Wildman–Crippen MR) is 103 cm³/mol. The second-order valence-corrected chi connectivity index (χ2v) is 7.08.